The van der Waals surface area contributed by atoms with E-state index in [1.807, 2.05) is 12.1 Å². The third-order valence-corrected chi connectivity index (χ3v) is 6.32. The zero-order valence-corrected chi connectivity index (χ0v) is 17.3. The van der Waals surface area contributed by atoms with Crippen LogP contribution in [-0.2, 0) is 25.8 Å². The monoisotopic (exact) mass is 442 g/mol. The minimum Gasteiger partial charge on any atom is -0.361 e. The standard InChI is InChI=1S/C21H23BrN4O2/c22-15-9-7-14(8-10-15)12-20-23-21(28-25-20)18-5-3-11-26(18)13-17-16-4-1-2-6-19(16)27-24-17/h7-10,18H,1-6,11-13H2. The van der Waals surface area contributed by atoms with Gasteiger partial charge in [0.1, 0.15) is 11.5 Å². The van der Waals surface area contributed by atoms with Crippen molar-refractivity contribution in [1.82, 2.24) is 20.2 Å². The van der Waals surface area contributed by atoms with E-state index in [0.717, 1.165) is 66.4 Å². The lowest BCUT2D eigenvalue weighted by molar-refractivity contribution is 0.196. The first-order chi connectivity index (χ1) is 13.8. The van der Waals surface area contributed by atoms with Gasteiger partial charge in [0.25, 0.3) is 0 Å². The first kappa shape index (κ1) is 18.1. The van der Waals surface area contributed by atoms with Crippen molar-refractivity contribution in [3.05, 3.63) is 63.0 Å². The molecule has 1 saturated heterocycles. The summed E-state index contributed by atoms with van der Waals surface area (Å²) in [7, 11) is 0. The lowest BCUT2D eigenvalue weighted by Gasteiger charge is -2.21. The van der Waals surface area contributed by atoms with Crippen LogP contribution >= 0.6 is 15.9 Å². The van der Waals surface area contributed by atoms with Crippen LogP contribution in [0.25, 0.3) is 0 Å². The summed E-state index contributed by atoms with van der Waals surface area (Å²) in [5.74, 6) is 2.55. The first-order valence-corrected chi connectivity index (χ1v) is 10.8. The summed E-state index contributed by atoms with van der Waals surface area (Å²) in [4.78, 5) is 7.11. The van der Waals surface area contributed by atoms with E-state index < -0.39 is 0 Å². The van der Waals surface area contributed by atoms with Crippen molar-refractivity contribution in [2.45, 2.75) is 57.5 Å². The van der Waals surface area contributed by atoms with E-state index in [1.54, 1.807) is 0 Å². The second-order valence-electron chi connectivity index (χ2n) is 7.72. The second kappa shape index (κ2) is 7.79. The second-order valence-corrected chi connectivity index (χ2v) is 8.63. The molecule has 6 nitrogen and oxygen atoms in total. The molecule has 0 bridgehead atoms. The summed E-state index contributed by atoms with van der Waals surface area (Å²) >= 11 is 3.47. The van der Waals surface area contributed by atoms with Gasteiger partial charge in [-0.3, -0.25) is 4.90 Å². The molecule has 28 heavy (non-hydrogen) atoms. The van der Waals surface area contributed by atoms with E-state index in [0.29, 0.717) is 6.42 Å². The molecule has 1 aliphatic heterocycles. The summed E-state index contributed by atoms with van der Waals surface area (Å²) in [5.41, 5.74) is 3.60. The Morgan fingerprint density at radius 1 is 1.04 bits per heavy atom. The van der Waals surface area contributed by atoms with Crippen molar-refractivity contribution >= 4 is 15.9 Å². The fraction of sp³-hybridized carbons (Fsp3) is 0.476. The molecule has 7 heteroatoms. The van der Waals surface area contributed by atoms with Crippen molar-refractivity contribution in [3.8, 4) is 0 Å². The fourth-order valence-corrected chi connectivity index (χ4v) is 4.58. The van der Waals surface area contributed by atoms with Crippen molar-refractivity contribution < 1.29 is 9.05 Å². The molecule has 1 aromatic carbocycles. The Bertz CT molecular complexity index is 950. The van der Waals surface area contributed by atoms with Gasteiger partial charge in [-0.15, -0.1) is 0 Å². The van der Waals surface area contributed by atoms with Gasteiger partial charge in [-0.2, -0.15) is 4.98 Å². The van der Waals surface area contributed by atoms with Gasteiger partial charge in [-0.05, 0) is 56.3 Å². The molecule has 3 aromatic rings. The highest BCUT2D eigenvalue weighted by Gasteiger charge is 2.32. The van der Waals surface area contributed by atoms with Crippen molar-refractivity contribution in [1.29, 1.82) is 0 Å². The summed E-state index contributed by atoms with van der Waals surface area (Å²) in [6.45, 7) is 1.82. The molecule has 0 radical (unpaired) electrons. The Labute approximate surface area is 172 Å². The third-order valence-electron chi connectivity index (χ3n) is 5.79. The SMILES string of the molecule is Brc1ccc(Cc2noc(C3CCCN3Cc3noc4c3CCCC4)n2)cc1. The van der Waals surface area contributed by atoms with E-state index in [9.17, 15) is 0 Å². The topological polar surface area (TPSA) is 68.2 Å². The number of hydrogen-bond acceptors (Lipinski definition) is 6. The number of nitrogens with zero attached hydrogens (tertiary/aromatic N) is 4. The van der Waals surface area contributed by atoms with Crippen LogP contribution in [0.4, 0.5) is 0 Å². The van der Waals surface area contributed by atoms with Gasteiger partial charge in [-0.1, -0.05) is 38.4 Å². The molecule has 3 heterocycles. The summed E-state index contributed by atoms with van der Waals surface area (Å²) in [5, 5.41) is 8.59. The molecule has 0 amide bonds. The lowest BCUT2D eigenvalue weighted by atomic mass is 9.96. The van der Waals surface area contributed by atoms with Gasteiger partial charge >= 0.3 is 0 Å². The molecule has 146 valence electrons. The number of hydrogen-bond donors (Lipinski definition) is 0. The van der Waals surface area contributed by atoms with Crippen LogP contribution in [0.5, 0.6) is 0 Å². The largest absolute Gasteiger partial charge is 0.361 e. The molecule has 1 unspecified atom stereocenters. The zero-order valence-electron chi connectivity index (χ0n) is 15.7. The highest BCUT2D eigenvalue weighted by atomic mass is 79.9. The minimum absolute atomic E-state index is 0.169. The molecule has 2 aliphatic rings. The van der Waals surface area contributed by atoms with Crippen molar-refractivity contribution in [3.63, 3.8) is 0 Å². The van der Waals surface area contributed by atoms with Gasteiger partial charge in [0, 0.05) is 29.4 Å². The maximum Gasteiger partial charge on any atom is 0.244 e. The molecule has 1 fully saturated rings. The number of likely N-dealkylation sites (tertiary alicyclic amines) is 1. The van der Waals surface area contributed by atoms with E-state index in [4.69, 9.17) is 14.0 Å². The number of halogens is 1. The molecule has 0 saturated carbocycles. The van der Waals surface area contributed by atoms with Crippen LogP contribution in [0.1, 0.15) is 66.0 Å². The van der Waals surface area contributed by atoms with Crippen LogP contribution in [0, 0.1) is 0 Å². The molecule has 2 aromatic heterocycles. The molecule has 0 N–H and O–H groups in total. The number of aryl methyl sites for hydroxylation is 1. The predicted octanol–water partition coefficient (Wildman–Crippen LogP) is 4.63. The van der Waals surface area contributed by atoms with Crippen LogP contribution in [-0.4, -0.2) is 26.7 Å². The van der Waals surface area contributed by atoms with Gasteiger partial charge in [0.2, 0.25) is 5.89 Å². The molecule has 1 aliphatic carbocycles. The Balaban J connectivity index is 1.30. The van der Waals surface area contributed by atoms with Gasteiger partial charge in [0.05, 0.1) is 6.04 Å². The molecular weight excluding hydrogens is 420 g/mol. The number of aromatic nitrogens is 3. The van der Waals surface area contributed by atoms with Gasteiger partial charge < -0.3 is 9.05 Å². The van der Waals surface area contributed by atoms with Crippen molar-refractivity contribution in [2.75, 3.05) is 6.54 Å². The molecule has 0 spiro atoms. The minimum atomic E-state index is 0.169. The smallest absolute Gasteiger partial charge is 0.244 e. The number of fused-ring (bicyclic) bond motifs is 1. The average Bonchev–Trinajstić information content (AvgIpc) is 3.44. The van der Waals surface area contributed by atoms with E-state index in [-0.39, 0.29) is 6.04 Å². The van der Waals surface area contributed by atoms with Crippen LogP contribution < -0.4 is 0 Å². The Hall–Kier alpha value is -1.99. The van der Waals surface area contributed by atoms with Gasteiger partial charge in [-0.25, -0.2) is 0 Å². The average molecular weight is 443 g/mol. The maximum atomic E-state index is 5.65. The Morgan fingerprint density at radius 2 is 1.89 bits per heavy atom. The quantitative estimate of drug-likeness (QED) is 0.573. The zero-order chi connectivity index (χ0) is 18.9. The van der Waals surface area contributed by atoms with Crippen LogP contribution in [0.3, 0.4) is 0 Å². The first-order valence-electron chi connectivity index (χ1n) is 10.0. The highest BCUT2D eigenvalue weighted by Crippen LogP contribution is 2.34. The summed E-state index contributed by atoms with van der Waals surface area (Å²) in [6.07, 6.45) is 7.40. The van der Waals surface area contributed by atoms with Crippen molar-refractivity contribution in [2.24, 2.45) is 0 Å². The fourth-order valence-electron chi connectivity index (χ4n) is 4.32. The summed E-state index contributed by atoms with van der Waals surface area (Å²) in [6, 6.07) is 8.40. The molecule has 1 atom stereocenters. The van der Waals surface area contributed by atoms with E-state index in [1.165, 1.54) is 24.0 Å². The predicted molar refractivity (Wildman–Crippen MR) is 107 cm³/mol. The number of benzene rings is 1. The van der Waals surface area contributed by atoms with E-state index in [2.05, 4.69) is 43.3 Å². The molecular formula is C21H23BrN4O2. The Kier molecular flexibility index (Phi) is 5.03. The highest BCUT2D eigenvalue weighted by molar-refractivity contribution is 9.10. The third kappa shape index (κ3) is 3.65. The van der Waals surface area contributed by atoms with Crippen LogP contribution in [0.15, 0.2) is 37.8 Å². The Morgan fingerprint density at radius 3 is 2.79 bits per heavy atom. The number of rotatable bonds is 5. The maximum absolute atomic E-state index is 5.65. The lowest BCUT2D eigenvalue weighted by Crippen LogP contribution is -2.24. The molecule has 5 rings (SSSR count). The van der Waals surface area contributed by atoms with E-state index >= 15 is 0 Å². The van der Waals surface area contributed by atoms with Gasteiger partial charge in [0.15, 0.2) is 5.82 Å². The van der Waals surface area contributed by atoms with Crippen LogP contribution in [0.2, 0.25) is 0 Å². The normalized spacial score (nSPS) is 19.8. The summed E-state index contributed by atoms with van der Waals surface area (Å²) < 4.78 is 12.3.